The lowest BCUT2D eigenvalue weighted by Gasteiger charge is -2.09. The van der Waals surface area contributed by atoms with E-state index in [0.717, 1.165) is 0 Å². The number of nitriles is 1. The minimum Gasteiger partial charge on any atom is -0.504 e. The molecule has 3 rings (SSSR count). The number of fused-ring (bicyclic) bond motifs is 1. The zero-order valence-corrected chi connectivity index (χ0v) is 13.7. The van der Waals surface area contributed by atoms with Crippen molar-refractivity contribution in [3.8, 4) is 17.6 Å². The van der Waals surface area contributed by atoms with Gasteiger partial charge in [-0.1, -0.05) is 18.2 Å². The van der Waals surface area contributed by atoms with Gasteiger partial charge in [0, 0.05) is 5.56 Å². The minimum absolute atomic E-state index is 0.0694. The minimum atomic E-state index is 0.0694. The second-order valence-electron chi connectivity index (χ2n) is 5.38. The second-order valence-corrected chi connectivity index (χ2v) is 5.38. The standard InChI is InChI=1S/C20H16N2O3/c1-3-6-14-9-13(11-18(24-2)19(14)23)10-15(12-21)20-22-16-7-4-5-8-17(16)25-20/h3-5,7-11,23H,1,6H2,2H3/b15-10+. The Labute approximate surface area is 145 Å². The van der Waals surface area contributed by atoms with Crippen LogP contribution < -0.4 is 4.74 Å². The Hall–Kier alpha value is -3.52. The Bertz CT molecular complexity index is 976. The maximum Gasteiger partial charge on any atom is 0.238 e. The van der Waals surface area contributed by atoms with Crippen molar-refractivity contribution in [3.05, 3.63) is 66.1 Å². The van der Waals surface area contributed by atoms with Crippen LogP contribution in [0.25, 0.3) is 22.7 Å². The summed E-state index contributed by atoms with van der Waals surface area (Å²) in [5.74, 6) is 0.654. The lowest BCUT2D eigenvalue weighted by Crippen LogP contribution is -1.91. The number of hydrogen-bond acceptors (Lipinski definition) is 5. The molecule has 3 aromatic rings. The van der Waals surface area contributed by atoms with Gasteiger partial charge in [0.15, 0.2) is 17.1 Å². The Balaban J connectivity index is 2.09. The molecule has 2 aromatic carbocycles. The van der Waals surface area contributed by atoms with Crippen molar-refractivity contribution < 1.29 is 14.3 Å². The molecule has 25 heavy (non-hydrogen) atoms. The van der Waals surface area contributed by atoms with Crippen molar-refractivity contribution in [1.29, 1.82) is 5.26 Å². The number of ether oxygens (including phenoxy) is 1. The molecule has 0 aliphatic carbocycles. The highest BCUT2D eigenvalue weighted by Crippen LogP contribution is 2.33. The SMILES string of the molecule is C=CCc1cc(/C=C(\C#N)c2nc3ccccc3o2)cc(OC)c1O. The number of allylic oxidation sites excluding steroid dienone is 2. The van der Waals surface area contributed by atoms with E-state index in [9.17, 15) is 10.4 Å². The quantitative estimate of drug-likeness (QED) is 0.555. The molecule has 0 saturated heterocycles. The van der Waals surface area contributed by atoms with Gasteiger partial charge >= 0.3 is 0 Å². The number of aromatic hydroxyl groups is 1. The topological polar surface area (TPSA) is 79.3 Å². The highest BCUT2D eigenvalue weighted by atomic mass is 16.5. The summed E-state index contributed by atoms with van der Waals surface area (Å²) in [6, 6.07) is 12.9. The fourth-order valence-corrected chi connectivity index (χ4v) is 2.54. The molecule has 0 radical (unpaired) electrons. The average Bonchev–Trinajstić information content (AvgIpc) is 3.06. The number of phenols is 1. The number of aromatic nitrogens is 1. The van der Waals surface area contributed by atoms with Crippen LogP contribution in [0.1, 0.15) is 17.0 Å². The fourth-order valence-electron chi connectivity index (χ4n) is 2.54. The van der Waals surface area contributed by atoms with Crippen LogP contribution in [0.2, 0.25) is 0 Å². The Morgan fingerprint density at radius 1 is 1.40 bits per heavy atom. The van der Waals surface area contributed by atoms with E-state index < -0.39 is 0 Å². The summed E-state index contributed by atoms with van der Waals surface area (Å²) in [6.07, 6.45) is 3.82. The number of rotatable bonds is 5. The van der Waals surface area contributed by atoms with Crippen molar-refractivity contribution >= 4 is 22.7 Å². The van der Waals surface area contributed by atoms with Crippen LogP contribution in [-0.2, 0) is 6.42 Å². The molecule has 5 nitrogen and oxygen atoms in total. The van der Waals surface area contributed by atoms with Crippen LogP contribution in [0.5, 0.6) is 11.5 Å². The third-order valence-electron chi connectivity index (χ3n) is 3.72. The van der Waals surface area contributed by atoms with Crippen molar-refractivity contribution in [2.24, 2.45) is 0 Å². The van der Waals surface area contributed by atoms with E-state index >= 15 is 0 Å². The van der Waals surface area contributed by atoms with Crippen LogP contribution in [0.3, 0.4) is 0 Å². The van der Waals surface area contributed by atoms with Crippen molar-refractivity contribution in [3.63, 3.8) is 0 Å². The van der Waals surface area contributed by atoms with Crippen LogP contribution in [0.15, 0.2) is 53.5 Å². The zero-order chi connectivity index (χ0) is 17.8. The summed E-state index contributed by atoms with van der Waals surface area (Å²) < 4.78 is 10.9. The van der Waals surface area contributed by atoms with Crippen molar-refractivity contribution in [2.45, 2.75) is 6.42 Å². The second kappa shape index (κ2) is 6.93. The van der Waals surface area contributed by atoms with Gasteiger partial charge in [-0.25, -0.2) is 4.98 Å². The first-order chi connectivity index (χ1) is 12.2. The molecule has 1 N–H and O–H groups in total. The fraction of sp³-hybridized carbons (Fsp3) is 0.100. The van der Waals surface area contributed by atoms with Gasteiger partial charge in [0.1, 0.15) is 17.2 Å². The van der Waals surface area contributed by atoms with Crippen LogP contribution >= 0.6 is 0 Å². The number of hydrogen-bond donors (Lipinski definition) is 1. The third kappa shape index (κ3) is 3.24. The van der Waals surface area contributed by atoms with Crippen LogP contribution in [0.4, 0.5) is 0 Å². The summed E-state index contributed by atoms with van der Waals surface area (Å²) in [5.41, 5.74) is 2.96. The van der Waals surface area contributed by atoms with E-state index in [2.05, 4.69) is 17.6 Å². The highest BCUT2D eigenvalue weighted by molar-refractivity contribution is 5.89. The molecule has 0 bridgehead atoms. The van der Waals surface area contributed by atoms with Gasteiger partial charge < -0.3 is 14.3 Å². The predicted molar refractivity (Wildman–Crippen MR) is 96.1 cm³/mol. The van der Waals surface area contributed by atoms with Gasteiger partial charge in [-0.15, -0.1) is 6.58 Å². The molecule has 0 unspecified atom stereocenters. The Kier molecular flexibility index (Phi) is 4.53. The normalized spacial score (nSPS) is 11.3. The smallest absolute Gasteiger partial charge is 0.238 e. The zero-order valence-electron chi connectivity index (χ0n) is 13.7. The van der Waals surface area contributed by atoms with Crippen LogP contribution in [-0.4, -0.2) is 17.2 Å². The van der Waals surface area contributed by atoms with Gasteiger partial charge in [0.2, 0.25) is 5.89 Å². The molecule has 0 atom stereocenters. The van der Waals surface area contributed by atoms with Crippen molar-refractivity contribution in [1.82, 2.24) is 4.98 Å². The molecule has 0 spiro atoms. The summed E-state index contributed by atoms with van der Waals surface area (Å²) in [4.78, 5) is 4.34. The first kappa shape index (κ1) is 16.3. The van der Waals surface area contributed by atoms with E-state index in [0.29, 0.717) is 34.4 Å². The van der Waals surface area contributed by atoms with E-state index in [1.54, 1.807) is 30.4 Å². The number of phenolic OH excluding ortho intramolecular Hbond substituents is 1. The number of para-hydroxylation sites is 2. The summed E-state index contributed by atoms with van der Waals surface area (Å²) in [6.45, 7) is 3.69. The largest absolute Gasteiger partial charge is 0.504 e. The molecule has 0 amide bonds. The number of oxazole rings is 1. The van der Waals surface area contributed by atoms with E-state index in [1.165, 1.54) is 7.11 Å². The van der Waals surface area contributed by atoms with E-state index in [-0.39, 0.29) is 17.2 Å². The summed E-state index contributed by atoms with van der Waals surface area (Å²) >= 11 is 0. The van der Waals surface area contributed by atoms with E-state index in [4.69, 9.17) is 9.15 Å². The lowest BCUT2D eigenvalue weighted by atomic mass is 10.0. The summed E-state index contributed by atoms with van der Waals surface area (Å²) in [5, 5.41) is 19.7. The molecule has 1 heterocycles. The Morgan fingerprint density at radius 3 is 2.88 bits per heavy atom. The van der Waals surface area contributed by atoms with Crippen molar-refractivity contribution in [2.75, 3.05) is 7.11 Å². The van der Waals surface area contributed by atoms with Gasteiger partial charge in [0.25, 0.3) is 0 Å². The maximum absolute atomic E-state index is 10.2. The van der Waals surface area contributed by atoms with E-state index in [1.807, 2.05) is 18.2 Å². The monoisotopic (exact) mass is 332 g/mol. The predicted octanol–water partition coefficient (Wildman–Crippen LogP) is 4.33. The molecule has 0 aliphatic heterocycles. The first-order valence-corrected chi connectivity index (χ1v) is 7.64. The number of nitrogens with zero attached hydrogens (tertiary/aromatic N) is 2. The Morgan fingerprint density at radius 2 is 2.20 bits per heavy atom. The molecule has 1 aromatic heterocycles. The first-order valence-electron chi connectivity index (χ1n) is 7.64. The highest BCUT2D eigenvalue weighted by Gasteiger charge is 2.13. The molecular weight excluding hydrogens is 316 g/mol. The number of benzene rings is 2. The van der Waals surface area contributed by atoms with Gasteiger partial charge in [0.05, 0.1) is 7.11 Å². The van der Waals surface area contributed by atoms with Gasteiger partial charge in [-0.2, -0.15) is 5.26 Å². The average molecular weight is 332 g/mol. The molecule has 0 fully saturated rings. The molecular formula is C20H16N2O3. The maximum atomic E-state index is 10.2. The number of methoxy groups -OCH3 is 1. The lowest BCUT2D eigenvalue weighted by molar-refractivity contribution is 0.371. The third-order valence-corrected chi connectivity index (χ3v) is 3.72. The molecule has 0 saturated carbocycles. The molecule has 0 aliphatic rings. The molecule has 5 heteroatoms. The summed E-state index contributed by atoms with van der Waals surface area (Å²) in [7, 11) is 1.48. The van der Waals surface area contributed by atoms with Gasteiger partial charge in [-0.3, -0.25) is 0 Å². The molecule has 124 valence electrons. The van der Waals surface area contributed by atoms with Gasteiger partial charge in [-0.05, 0) is 42.3 Å². The van der Waals surface area contributed by atoms with Crippen LogP contribution in [0, 0.1) is 11.3 Å².